The molecule has 1 unspecified atom stereocenters. The first-order valence-electron chi connectivity index (χ1n) is 9.65. The summed E-state index contributed by atoms with van der Waals surface area (Å²) in [5.74, 6) is 1.04. The zero-order valence-electron chi connectivity index (χ0n) is 18.2. The van der Waals surface area contributed by atoms with E-state index in [1.165, 1.54) is 13.2 Å². The molecule has 2 N–H and O–H groups in total. The molecule has 0 fully saturated rings. The summed E-state index contributed by atoms with van der Waals surface area (Å²) in [4.78, 5) is 4.27. The normalized spacial score (nSPS) is 13.6. The highest BCUT2D eigenvalue weighted by Gasteiger charge is 2.47. The Morgan fingerprint density at radius 2 is 1.83 bits per heavy atom. The zero-order chi connectivity index (χ0) is 21.8. The second-order valence-electron chi connectivity index (χ2n) is 7.38. The third-order valence-corrected chi connectivity index (χ3v) is 8.34. The standard InChI is InChI=1S/C21H31N2O5P/c1-8-21(6,9-2)29(25,28-23-20-16(5)14(3)10-11-22-20)27-17-12-15(4)19(24)18(13-17)26-7/h10-13,24H,8-9H2,1-7H3,(H,22,23). The van der Waals surface area contributed by atoms with Crippen molar-refractivity contribution >= 4 is 13.4 Å². The van der Waals surface area contributed by atoms with Crippen LogP contribution in [-0.4, -0.2) is 22.4 Å². The quantitative estimate of drug-likeness (QED) is 0.383. The second-order valence-corrected chi connectivity index (χ2v) is 9.82. The van der Waals surface area contributed by atoms with Crippen molar-refractivity contribution in [1.29, 1.82) is 0 Å². The number of anilines is 1. The van der Waals surface area contributed by atoms with Crippen LogP contribution in [0.3, 0.4) is 0 Å². The maximum absolute atomic E-state index is 14.0. The summed E-state index contributed by atoms with van der Waals surface area (Å²) in [6.45, 7) is 11.4. The number of nitrogens with zero attached hydrogens (tertiary/aromatic N) is 1. The van der Waals surface area contributed by atoms with Gasteiger partial charge >= 0.3 is 7.60 Å². The Morgan fingerprint density at radius 3 is 2.41 bits per heavy atom. The highest BCUT2D eigenvalue weighted by molar-refractivity contribution is 7.56. The van der Waals surface area contributed by atoms with Crippen molar-refractivity contribution in [3.63, 3.8) is 0 Å². The Kier molecular flexibility index (Phi) is 7.20. The first-order valence-corrected chi connectivity index (χ1v) is 11.2. The summed E-state index contributed by atoms with van der Waals surface area (Å²) in [6.07, 6.45) is 2.82. The van der Waals surface area contributed by atoms with E-state index in [0.717, 1.165) is 11.1 Å². The monoisotopic (exact) mass is 422 g/mol. The van der Waals surface area contributed by atoms with Gasteiger partial charge in [-0.1, -0.05) is 13.8 Å². The van der Waals surface area contributed by atoms with Crippen molar-refractivity contribution in [2.24, 2.45) is 0 Å². The van der Waals surface area contributed by atoms with E-state index in [0.29, 0.717) is 30.0 Å². The lowest BCUT2D eigenvalue weighted by atomic mass is 10.1. The molecule has 2 aromatic rings. The van der Waals surface area contributed by atoms with Gasteiger partial charge in [0.05, 0.1) is 12.3 Å². The van der Waals surface area contributed by atoms with Gasteiger partial charge in [0.2, 0.25) is 0 Å². The van der Waals surface area contributed by atoms with Crippen LogP contribution in [0.5, 0.6) is 17.2 Å². The fourth-order valence-corrected chi connectivity index (χ4v) is 4.62. The number of pyridine rings is 1. The number of hydrogen-bond donors (Lipinski definition) is 2. The molecule has 8 heteroatoms. The van der Waals surface area contributed by atoms with E-state index in [2.05, 4.69) is 10.5 Å². The van der Waals surface area contributed by atoms with Crippen LogP contribution in [0.25, 0.3) is 0 Å². The molecule has 0 amide bonds. The van der Waals surface area contributed by atoms with Crippen LogP contribution < -0.4 is 14.7 Å². The molecule has 0 aliphatic heterocycles. The summed E-state index contributed by atoms with van der Waals surface area (Å²) in [7, 11) is -2.27. The van der Waals surface area contributed by atoms with Gasteiger partial charge in [-0.05, 0) is 69.4 Å². The van der Waals surface area contributed by atoms with Crippen LogP contribution in [0.2, 0.25) is 0 Å². The fraction of sp³-hybridized carbons (Fsp3) is 0.476. The Bertz CT molecular complexity index is 912. The molecule has 29 heavy (non-hydrogen) atoms. The minimum absolute atomic E-state index is 0.0158. The van der Waals surface area contributed by atoms with Crippen molar-refractivity contribution in [3.05, 3.63) is 41.1 Å². The van der Waals surface area contributed by atoms with E-state index in [9.17, 15) is 9.67 Å². The number of aryl methyl sites for hydroxylation is 2. The number of nitrogens with one attached hydrogen (secondary N) is 1. The summed E-state index contributed by atoms with van der Waals surface area (Å²) in [5, 5.41) is 9.34. The molecular formula is C21H31N2O5P. The Hall–Kier alpha value is -2.24. The van der Waals surface area contributed by atoms with E-state index in [-0.39, 0.29) is 11.5 Å². The average molecular weight is 422 g/mol. The summed E-state index contributed by atoms with van der Waals surface area (Å²) < 4.78 is 30.9. The summed E-state index contributed by atoms with van der Waals surface area (Å²) in [5.41, 5.74) is 5.25. The molecule has 0 saturated carbocycles. The molecule has 1 heterocycles. The lowest BCUT2D eigenvalue weighted by Gasteiger charge is -2.34. The summed E-state index contributed by atoms with van der Waals surface area (Å²) in [6, 6.07) is 5.00. The number of benzene rings is 1. The van der Waals surface area contributed by atoms with E-state index < -0.39 is 12.8 Å². The Balaban J connectivity index is 2.43. The number of aromatic hydroxyl groups is 1. The number of methoxy groups -OCH3 is 1. The predicted octanol–water partition coefficient (Wildman–Crippen LogP) is 5.92. The van der Waals surface area contributed by atoms with Gasteiger partial charge in [-0.2, -0.15) is 4.62 Å². The lowest BCUT2D eigenvalue weighted by molar-refractivity contribution is 0.278. The number of rotatable bonds is 9. The molecule has 1 aromatic carbocycles. The average Bonchev–Trinajstić information content (AvgIpc) is 2.70. The lowest BCUT2D eigenvalue weighted by Crippen LogP contribution is -2.28. The molecule has 0 saturated heterocycles. The van der Waals surface area contributed by atoms with Crippen molar-refractivity contribution in [1.82, 2.24) is 4.98 Å². The topological polar surface area (TPSA) is 89.9 Å². The molecule has 0 radical (unpaired) electrons. The maximum Gasteiger partial charge on any atom is 0.406 e. The fourth-order valence-electron chi connectivity index (χ4n) is 2.78. The van der Waals surface area contributed by atoms with Crippen LogP contribution in [-0.2, 0) is 9.19 Å². The molecule has 1 atom stereocenters. The van der Waals surface area contributed by atoms with Gasteiger partial charge < -0.3 is 14.4 Å². The van der Waals surface area contributed by atoms with Crippen molar-refractivity contribution in [2.75, 3.05) is 12.6 Å². The molecule has 7 nitrogen and oxygen atoms in total. The van der Waals surface area contributed by atoms with Crippen molar-refractivity contribution in [3.8, 4) is 17.2 Å². The summed E-state index contributed by atoms with van der Waals surface area (Å²) >= 11 is 0. The molecule has 1 aromatic heterocycles. The number of aromatic nitrogens is 1. The molecular weight excluding hydrogens is 391 g/mol. The molecule has 0 aliphatic carbocycles. The smallest absolute Gasteiger partial charge is 0.406 e. The van der Waals surface area contributed by atoms with E-state index in [4.69, 9.17) is 13.9 Å². The minimum atomic E-state index is -3.72. The maximum atomic E-state index is 14.0. The van der Waals surface area contributed by atoms with Crippen LogP contribution in [0.15, 0.2) is 24.4 Å². The van der Waals surface area contributed by atoms with Crippen LogP contribution >= 0.6 is 7.60 Å². The molecule has 2 rings (SSSR count). The third-order valence-electron chi connectivity index (χ3n) is 5.61. The van der Waals surface area contributed by atoms with Gasteiger partial charge in [-0.25, -0.2) is 15.0 Å². The number of phenols is 1. The van der Waals surface area contributed by atoms with Crippen LogP contribution in [0.1, 0.15) is 50.3 Å². The Morgan fingerprint density at radius 1 is 1.17 bits per heavy atom. The first-order chi connectivity index (χ1) is 13.6. The second kappa shape index (κ2) is 9.06. The van der Waals surface area contributed by atoms with Gasteiger partial charge in [0.15, 0.2) is 17.3 Å². The minimum Gasteiger partial charge on any atom is -0.504 e. The molecule has 0 bridgehead atoms. The van der Waals surface area contributed by atoms with Gasteiger partial charge in [0.1, 0.15) is 5.75 Å². The zero-order valence-corrected chi connectivity index (χ0v) is 19.1. The van der Waals surface area contributed by atoms with Crippen LogP contribution in [0.4, 0.5) is 5.82 Å². The van der Waals surface area contributed by atoms with Crippen molar-refractivity contribution < 1.29 is 23.6 Å². The molecule has 0 spiro atoms. The van der Waals surface area contributed by atoms with Gasteiger partial charge in [-0.15, -0.1) is 0 Å². The SMILES string of the molecule is CCC(C)(CC)P(=O)(ONc1nccc(C)c1C)Oc1cc(C)c(O)c(OC)c1. The van der Waals surface area contributed by atoms with Gasteiger partial charge in [-0.3, -0.25) is 0 Å². The first kappa shape index (κ1) is 23.0. The highest BCUT2D eigenvalue weighted by atomic mass is 31.2. The van der Waals surface area contributed by atoms with E-state index >= 15 is 0 Å². The molecule has 160 valence electrons. The van der Waals surface area contributed by atoms with Crippen LogP contribution in [0, 0.1) is 20.8 Å². The predicted molar refractivity (Wildman–Crippen MR) is 115 cm³/mol. The van der Waals surface area contributed by atoms with Crippen molar-refractivity contribution in [2.45, 2.75) is 59.5 Å². The Labute approximate surface area is 172 Å². The number of hydrogen-bond acceptors (Lipinski definition) is 7. The molecule has 0 aliphatic rings. The van der Waals surface area contributed by atoms with Gasteiger partial charge in [0.25, 0.3) is 0 Å². The number of phenolic OH excluding ortho intramolecular Hbond substituents is 1. The van der Waals surface area contributed by atoms with Gasteiger partial charge in [0, 0.05) is 12.3 Å². The van der Waals surface area contributed by atoms with E-state index in [1.807, 2.05) is 40.7 Å². The van der Waals surface area contributed by atoms with E-state index in [1.54, 1.807) is 19.2 Å². The number of ether oxygens (including phenoxy) is 1. The third kappa shape index (κ3) is 4.68. The largest absolute Gasteiger partial charge is 0.504 e. The highest BCUT2D eigenvalue weighted by Crippen LogP contribution is 2.62.